The summed E-state index contributed by atoms with van der Waals surface area (Å²) in [6.07, 6.45) is 26.8. The Kier molecular flexibility index (Phi) is 24.7. The minimum atomic E-state index is -1.61. The van der Waals surface area contributed by atoms with E-state index >= 15 is 0 Å². The second-order valence-electron chi connectivity index (χ2n) is 19.5. The maximum Gasteiger partial charge on any atom is 0.344 e. The van der Waals surface area contributed by atoms with Crippen molar-refractivity contribution < 1.29 is 48.3 Å². The molecule has 0 spiro atoms. The van der Waals surface area contributed by atoms with E-state index in [0.717, 1.165) is 37.4 Å². The van der Waals surface area contributed by atoms with Gasteiger partial charge in [-0.2, -0.15) is 0 Å². The number of carbonyl (C=O) groups is 3. The van der Waals surface area contributed by atoms with E-state index in [1.807, 2.05) is 0 Å². The standard InChI is InChI=1S/C61H82O10S/c1-6-9-11-13-15-17-19-21-23-25-43-68-50-35-27-46(28-36-50)57(62)70-52-39-31-48(32-40-52)60(4,65)54-45-55(59(64)67-8-3)72-56(54)61(5,66)49-33-41-53(42-34-49)71-58(63)47-29-37-51(38-30-47)69-44-26-24-22-20-18-16-14-12-10-7-2/h27-42,45,54,56,65-66H,6-26,43-44H2,1-5H3/t54-,56-,60?,61?/m0/s1. The van der Waals surface area contributed by atoms with Gasteiger partial charge < -0.3 is 33.9 Å². The highest BCUT2D eigenvalue weighted by molar-refractivity contribution is 8.04. The molecule has 10 nitrogen and oxygen atoms in total. The van der Waals surface area contributed by atoms with E-state index < -0.39 is 40.3 Å². The largest absolute Gasteiger partial charge is 0.494 e. The SMILES string of the molecule is CCCCCCCCCCCCOc1ccc(C(=O)Oc2ccc(C(C)(O)[C@H]3C=C(C(=O)OCC)S[C@@H]3C(C)(O)c3ccc(OC(=O)c4ccc(OCCCCCCCCCCCC)cc4)cc3)cc2)cc1. The quantitative estimate of drug-likeness (QED) is 0.0263. The molecule has 0 aliphatic carbocycles. The molecular weight excluding hydrogens is 925 g/mol. The van der Waals surface area contributed by atoms with Gasteiger partial charge in [-0.3, -0.25) is 0 Å². The van der Waals surface area contributed by atoms with Crippen LogP contribution in [0.4, 0.5) is 0 Å². The maximum absolute atomic E-state index is 13.1. The predicted molar refractivity (Wildman–Crippen MR) is 289 cm³/mol. The lowest BCUT2D eigenvalue weighted by atomic mass is 9.74. The van der Waals surface area contributed by atoms with Crippen molar-refractivity contribution >= 4 is 29.7 Å². The molecular formula is C61H82O10S. The average molecular weight is 1010 g/mol. The Morgan fingerprint density at radius 3 is 1.18 bits per heavy atom. The zero-order valence-corrected chi connectivity index (χ0v) is 44.6. The van der Waals surface area contributed by atoms with Gasteiger partial charge in [-0.25, -0.2) is 14.4 Å². The fraction of sp³-hybridized carbons (Fsp3) is 0.525. The van der Waals surface area contributed by atoms with Crippen LogP contribution in [0, 0.1) is 5.92 Å². The van der Waals surface area contributed by atoms with Crippen molar-refractivity contribution in [3.05, 3.63) is 130 Å². The van der Waals surface area contributed by atoms with E-state index in [-0.39, 0.29) is 23.0 Å². The maximum atomic E-state index is 13.1. The summed E-state index contributed by atoms with van der Waals surface area (Å²) in [5.41, 5.74) is -1.49. The molecule has 0 fully saturated rings. The van der Waals surface area contributed by atoms with Gasteiger partial charge in [-0.1, -0.05) is 160 Å². The molecule has 4 atom stereocenters. The van der Waals surface area contributed by atoms with Crippen LogP contribution in [-0.2, 0) is 20.7 Å². The summed E-state index contributed by atoms with van der Waals surface area (Å²) in [7, 11) is 0. The average Bonchev–Trinajstić information content (AvgIpc) is 3.86. The van der Waals surface area contributed by atoms with Crippen molar-refractivity contribution in [1.29, 1.82) is 0 Å². The van der Waals surface area contributed by atoms with Crippen molar-refractivity contribution in [3.8, 4) is 23.0 Å². The summed E-state index contributed by atoms with van der Waals surface area (Å²) < 4.78 is 28.6. The molecule has 5 rings (SSSR count). The second-order valence-corrected chi connectivity index (χ2v) is 20.7. The Morgan fingerprint density at radius 1 is 0.458 bits per heavy atom. The minimum Gasteiger partial charge on any atom is -0.494 e. The minimum absolute atomic E-state index is 0.161. The van der Waals surface area contributed by atoms with E-state index in [4.69, 9.17) is 23.7 Å². The fourth-order valence-electron chi connectivity index (χ4n) is 9.08. The number of rotatable bonds is 34. The van der Waals surface area contributed by atoms with Crippen LogP contribution in [0.25, 0.3) is 0 Å². The lowest BCUT2D eigenvalue weighted by Crippen LogP contribution is -2.45. The van der Waals surface area contributed by atoms with Crippen LogP contribution >= 0.6 is 11.8 Å². The van der Waals surface area contributed by atoms with Crippen LogP contribution in [0.2, 0.25) is 0 Å². The number of benzene rings is 4. The number of hydrogen-bond acceptors (Lipinski definition) is 11. The third kappa shape index (κ3) is 18.4. The highest BCUT2D eigenvalue weighted by Gasteiger charge is 2.51. The van der Waals surface area contributed by atoms with Gasteiger partial charge in [0.25, 0.3) is 0 Å². The van der Waals surface area contributed by atoms with E-state index in [1.165, 1.54) is 103 Å². The Bertz CT molecular complexity index is 2230. The number of aliphatic hydroxyl groups is 2. The molecule has 0 saturated carbocycles. The molecule has 392 valence electrons. The molecule has 0 amide bonds. The first-order valence-corrected chi connectivity index (χ1v) is 27.9. The highest BCUT2D eigenvalue weighted by Crippen LogP contribution is 2.52. The molecule has 4 aromatic carbocycles. The van der Waals surface area contributed by atoms with Crippen LogP contribution in [0.1, 0.15) is 195 Å². The van der Waals surface area contributed by atoms with E-state index in [1.54, 1.807) is 124 Å². The first-order chi connectivity index (χ1) is 34.9. The van der Waals surface area contributed by atoms with Crippen LogP contribution < -0.4 is 18.9 Å². The Morgan fingerprint density at radius 2 is 0.806 bits per heavy atom. The molecule has 0 aromatic heterocycles. The number of carbonyl (C=O) groups excluding carboxylic acids is 3. The number of unbranched alkanes of at least 4 members (excludes halogenated alkanes) is 18. The lowest BCUT2D eigenvalue weighted by molar-refractivity contribution is -0.137. The Labute approximate surface area is 434 Å². The molecule has 2 unspecified atom stereocenters. The first-order valence-electron chi connectivity index (χ1n) is 27.0. The van der Waals surface area contributed by atoms with Crippen molar-refractivity contribution in [1.82, 2.24) is 0 Å². The summed E-state index contributed by atoms with van der Waals surface area (Å²) in [5.74, 6) is -0.416. The van der Waals surface area contributed by atoms with Crippen LogP contribution in [0.3, 0.4) is 0 Å². The van der Waals surface area contributed by atoms with Crippen molar-refractivity contribution in [3.63, 3.8) is 0 Å². The van der Waals surface area contributed by atoms with E-state index in [9.17, 15) is 24.6 Å². The molecule has 1 heterocycles. The summed E-state index contributed by atoms with van der Waals surface area (Å²) in [6, 6.07) is 27.0. The molecule has 0 radical (unpaired) electrons. The van der Waals surface area contributed by atoms with Gasteiger partial charge >= 0.3 is 17.9 Å². The van der Waals surface area contributed by atoms with Gasteiger partial charge in [-0.05, 0) is 118 Å². The van der Waals surface area contributed by atoms with Gasteiger partial charge in [-0.15, -0.1) is 11.8 Å². The van der Waals surface area contributed by atoms with E-state index in [0.29, 0.717) is 47.0 Å². The smallest absolute Gasteiger partial charge is 0.344 e. The highest BCUT2D eigenvalue weighted by atomic mass is 32.2. The molecule has 1 aliphatic heterocycles. The zero-order valence-electron chi connectivity index (χ0n) is 43.8. The molecule has 0 saturated heterocycles. The zero-order chi connectivity index (χ0) is 51.6. The summed E-state index contributed by atoms with van der Waals surface area (Å²) in [5, 5.41) is 23.9. The summed E-state index contributed by atoms with van der Waals surface area (Å²) >= 11 is 1.14. The lowest BCUT2D eigenvalue weighted by Gasteiger charge is -2.40. The van der Waals surface area contributed by atoms with Gasteiger partial charge in [0.15, 0.2) is 0 Å². The number of thioether (sulfide) groups is 1. The molecule has 1 aliphatic rings. The number of esters is 3. The molecule has 4 aromatic rings. The van der Waals surface area contributed by atoms with Gasteiger partial charge in [0.05, 0.1) is 52.3 Å². The van der Waals surface area contributed by atoms with Gasteiger partial charge in [0, 0.05) is 5.92 Å². The molecule has 0 bridgehead atoms. The van der Waals surface area contributed by atoms with Gasteiger partial charge in [0.2, 0.25) is 0 Å². The van der Waals surface area contributed by atoms with Gasteiger partial charge in [0.1, 0.15) is 23.0 Å². The van der Waals surface area contributed by atoms with Crippen molar-refractivity contribution in [2.24, 2.45) is 5.92 Å². The number of hydrogen-bond donors (Lipinski definition) is 2. The predicted octanol–water partition coefficient (Wildman–Crippen LogP) is 15.0. The Balaban J connectivity index is 1.12. The fourth-order valence-corrected chi connectivity index (χ4v) is 10.6. The molecule has 2 N–H and O–H groups in total. The normalized spacial score (nSPS) is 16.0. The van der Waals surface area contributed by atoms with E-state index in [2.05, 4.69) is 13.8 Å². The van der Waals surface area contributed by atoms with Crippen LogP contribution in [0.15, 0.2) is 108 Å². The summed E-state index contributed by atoms with van der Waals surface area (Å²) in [4.78, 5) is 39.6. The topological polar surface area (TPSA) is 138 Å². The van der Waals surface area contributed by atoms with Crippen LogP contribution in [0.5, 0.6) is 23.0 Å². The third-order valence-corrected chi connectivity index (χ3v) is 15.2. The van der Waals surface area contributed by atoms with Crippen molar-refractivity contribution in [2.75, 3.05) is 19.8 Å². The first kappa shape index (κ1) is 57.8. The molecule has 72 heavy (non-hydrogen) atoms. The monoisotopic (exact) mass is 1010 g/mol. The van der Waals surface area contributed by atoms with Crippen LogP contribution in [-0.4, -0.2) is 53.2 Å². The van der Waals surface area contributed by atoms with Crippen molar-refractivity contribution in [2.45, 2.75) is 179 Å². The summed E-state index contributed by atoms with van der Waals surface area (Å²) in [6.45, 7) is 10.9. The number of ether oxygens (including phenoxy) is 5. The molecule has 11 heteroatoms. The second kappa shape index (κ2) is 30.8. The third-order valence-electron chi connectivity index (χ3n) is 13.6. The Hall–Kier alpha value is -5.10.